The first-order chi connectivity index (χ1) is 11.5. The molecule has 6 heteroatoms. The second-order valence-corrected chi connectivity index (χ2v) is 5.69. The molecule has 1 aromatic heterocycles. The number of carbonyl (C=O) groups excluding carboxylic acids is 2. The van der Waals surface area contributed by atoms with Gasteiger partial charge in [-0.1, -0.05) is 35.9 Å². The number of para-hydroxylation sites is 1. The van der Waals surface area contributed by atoms with Gasteiger partial charge in [0.2, 0.25) is 5.91 Å². The molecule has 3 aromatic rings. The maximum atomic E-state index is 12.5. The molecule has 24 heavy (non-hydrogen) atoms. The zero-order valence-electron chi connectivity index (χ0n) is 13.5. The van der Waals surface area contributed by atoms with Crippen LogP contribution in [0.15, 0.2) is 48.5 Å². The Labute approximate surface area is 139 Å². The fraction of sp³-hybridized carbons (Fsp3) is 0.167. The van der Waals surface area contributed by atoms with Gasteiger partial charge in [-0.05, 0) is 25.1 Å². The number of fused-ring (bicyclic) bond motifs is 1. The van der Waals surface area contributed by atoms with Crippen molar-refractivity contribution in [2.75, 3.05) is 18.9 Å². The van der Waals surface area contributed by atoms with E-state index >= 15 is 0 Å². The average Bonchev–Trinajstić information content (AvgIpc) is 3.00. The summed E-state index contributed by atoms with van der Waals surface area (Å²) >= 11 is 0. The van der Waals surface area contributed by atoms with Crippen molar-refractivity contribution in [3.63, 3.8) is 0 Å². The first-order valence-electron chi connectivity index (χ1n) is 7.59. The Morgan fingerprint density at radius 2 is 1.83 bits per heavy atom. The highest BCUT2D eigenvalue weighted by molar-refractivity contribution is 6.06. The van der Waals surface area contributed by atoms with Crippen LogP contribution in [0.25, 0.3) is 10.9 Å². The maximum Gasteiger partial charge on any atom is 0.275 e. The number of H-pyrrole nitrogens is 1. The van der Waals surface area contributed by atoms with Gasteiger partial charge in [-0.2, -0.15) is 5.10 Å². The van der Waals surface area contributed by atoms with E-state index in [0.717, 1.165) is 16.5 Å². The fourth-order valence-electron chi connectivity index (χ4n) is 2.43. The largest absolute Gasteiger partial charge is 0.331 e. The standard InChI is InChI=1S/C18H18N4O2/c1-12-7-9-13(10-8-12)19-16(23)11-22(2)18(24)17-14-5-3-4-6-15(14)20-21-17/h3-10H,11H2,1-2H3,(H,19,23)(H,20,21). The van der Waals surface area contributed by atoms with Crippen LogP contribution in [0.2, 0.25) is 0 Å². The van der Waals surface area contributed by atoms with Crippen LogP contribution in [-0.4, -0.2) is 40.5 Å². The number of hydrogen-bond donors (Lipinski definition) is 2. The van der Waals surface area contributed by atoms with E-state index in [1.807, 2.05) is 55.5 Å². The lowest BCUT2D eigenvalue weighted by Crippen LogP contribution is -2.35. The van der Waals surface area contributed by atoms with E-state index < -0.39 is 0 Å². The van der Waals surface area contributed by atoms with Gasteiger partial charge >= 0.3 is 0 Å². The number of amides is 2. The van der Waals surface area contributed by atoms with E-state index in [1.54, 1.807) is 7.05 Å². The van der Waals surface area contributed by atoms with Gasteiger partial charge in [-0.15, -0.1) is 0 Å². The average molecular weight is 322 g/mol. The van der Waals surface area contributed by atoms with Crippen LogP contribution in [0.4, 0.5) is 5.69 Å². The van der Waals surface area contributed by atoms with Crippen LogP contribution in [0.3, 0.4) is 0 Å². The Balaban J connectivity index is 1.67. The summed E-state index contributed by atoms with van der Waals surface area (Å²) < 4.78 is 0. The predicted molar refractivity (Wildman–Crippen MR) is 92.9 cm³/mol. The van der Waals surface area contributed by atoms with Crippen LogP contribution < -0.4 is 5.32 Å². The van der Waals surface area contributed by atoms with E-state index in [4.69, 9.17) is 0 Å². The first kappa shape index (κ1) is 15.7. The van der Waals surface area contributed by atoms with Crippen molar-refractivity contribution in [3.05, 3.63) is 59.8 Å². The van der Waals surface area contributed by atoms with Gasteiger partial charge in [0.1, 0.15) is 0 Å². The molecule has 1 heterocycles. The van der Waals surface area contributed by atoms with Gasteiger partial charge in [0.05, 0.1) is 12.1 Å². The number of nitrogens with zero attached hydrogens (tertiary/aromatic N) is 2. The number of hydrogen-bond acceptors (Lipinski definition) is 3. The fourth-order valence-corrected chi connectivity index (χ4v) is 2.43. The summed E-state index contributed by atoms with van der Waals surface area (Å²) in [5.41, 5.74) is 2.93. The Hall–Kier alpha value is -3.15. The molecule has 0 spiro atoms. The van der Waals surface area contributed by atoms with Crippen LogP contribution in [0, 0.1) is 6.92 Å². The van der Waals surface area contributed by atoms with Crippen LogP contribution in [0.1, 0.15) is 16.1 Å². The number of nitrogens with one attached hydrogen (secondary N) is 2. The van der Waals surface area contributed by atoms with Gasteiger partial charge in [0.25, 0.3) is 5.91 Å². The van der Waals surface area contributed by atoms with E-state index in [1.165, 1.54) is 4.90 Å². The topological polar surface area (TPSA) is 78.1 Å². The lowest BCUT2D eigenvalue weighted by Gasteiger charge is -2.15. The number of likely N-dealkylation sites (N-methyl/N-ethyl adjacent to an activating group) is 1. The van der Waals surface area contributed by atoms with Gasteiger partial charge in [0.15, 0.2) is 5.69 Å². The van der Waals surface area contributed by atoms with Crippen molar-refractivity contribution in [3.8, 4) is 0 Å². The summed E-state index contributed by atoms with van der Waals surface area (Å²) in [5.74, 6) is -0.555. The van der Waals surface area contributed by atoms with Gasteiger partial charge in [-0.25, -0.2) is 0 Å². The minimum Gasteiger partial charge on any atom is -0.331 e. The number of aryl methyl sites for hydroxylation is 1. The van der Waals surface area contributed by atoms with Crippen molar-refractivity contribution >= 4 is 28.4 Å². The summed E-state index contributed by atoms with van der Waals surface area (Å²) in [7, 11) is 1.58. The van der Waals surface area contributed by atoms with E-state index in [0.29, 0.717) is 11.4 Å². The number of benzene rings is 2. The van der Waals surface area contributed by atoms with Crippen molar-refractivity contribution in [2.45, 2.75) is 6.92 Å². The highest BCUT2D eigenvalue weighted by atomic mass is 16.2. The van der Waals surface area contributed by atoms with Crippen LogP contribution >= 0.6 is 0 Å². The minimum atomic E-state index is -0.300. The molecule has 0 bridgehead atoms. The van der Waals surface area contributed by atoms with Gasteiger partial charge in [0, 0.05) is 18.1 Å². The van der Waals surface area contributed by atoms with Crippen molar-refractivity contribution in [1.82, 2.24) is 15.1 Å². The molecule has 0 unspecified atom stereocenters. The minimum absolute atomic E-state index is 0.0477. The zero-order chi connectivity index (χ0) is 17.1. The SMILES string of the molecule is Cc1ccc(NC(=O)CN(C)C(=O)c2n[nH]c3ccccc23)cc1. The number of anilines is 1. The summed E-state index contributed by atoms with van der Waals surface area (Å²) in [5, 5.41) is 10.4. The number of rotatable bonds is 4. The second kappa shape index (κ2) is 6.54. The van der Waals surface area contributed by atoms with Gasteiger partial charge < -0.3 is 10.2 Å². The zero-order valence-corrected chi connectivity index (χ0v) is 13.5. The number of aromatic nitrogens is 2. The van der Waals surface area contributed by atoms with E-state index in [2.05, 4.69) is 15.5 Å². The monoisotopic (exact) mass is 322 g/mol. The highest BCUT2D eigenvalue weighted by Gasteiger charge is 2.19. The molecular weight excluding hydrogens is 304 g/mol. The quantitative estimate of drug-likeness (QED) is 0.775. The molecule has 6 nitrogen and oxygen atoms in total. The summed E-state index contributed by atoms with van der Waals surface area (Å²) in [4.78, 5) is 26.0. The van der Waals surface area contributed by atoms with Crippen molar-refractivity contribution in [2.24, 2.45) is 0 Å². The third-order valence-corrected chi connectivity index (χ3v) is 3.74. The molecule has 0 radical (unpaired) electrons. The van der Waals surface area contributed by atoms with E-state index in [-0.39, 0.29) is 18.4 Å². The third-order valence-electron chi connectivity index (χ3n) is 3.74. The Bertz CT molecular complexity index is 883. The van der Waals surface area contributed by atoms with E-state index in [9.17, 15) is 9.59 Å². The molecule has 0 aliphatic heterocycles. The molecule has 3 rings (SSSR count). The van der Waals surface area contributed by atoms with Crippen LogP contribution in [-0.2, 0) is 4.79 Å². The van der Waals surface area contributed by atoms with Crippen LogP contribution in [0.5, 0.6) is 0 Å². The third kappa shape index (κ3) is 3.27. The number of carbonyl (C=O) groups is 2. The number of aromatic amines is 1. The summed E-state index contributed by atoms with van der Waals surface area (Å²) in [6, 6.07) is 14.9. The normalized spacial score (nSPS) is 10.6. The smallest absolute Gasteiger partial charge is 0.275 e. The predicted octanol–water partition coefficient (Wildman–Crippen LogP) is 2.58. The Morgan fingerprint density at radius 1 is 1.12 bits per heavy atom. The van der Waals surface area contributed by atoms with Crippen molar-refractivity contribution < 1.29 is 9.59 Å². The maximum absolute atomic E-state index is 12.5. The summed E-state index contributed by atoms with van der Waals surface area (Å²) in [6.07, 6.45) is 0. The molecule has 0 fully saturated rings. The highest BCUT2D eigenvalue weighted by Crippen LogP contribution is 2.16. The molecular formula is C18H18N4O2. The molecule has 2 aromatic carbocycles. The Morgan fingerprint density at radius 3 is 2.58 bits per heavy atom. The van der Waals surface area contributed by atoms with Gasteiger partial charge in [-0.3, -0.25) is 14.7 Å². The first-order valence-corrected chi connectivity index (χ1v) is 7.59. The lowest BCUT2D eigenvalue weighted by molar-refractivity contribution is -0.116. The molecule has 0 saturated heterocycles. The molecule has 0 aliphatic rings. The lowest BCUT2D eigenvalue weighted by atomic mass is 10.2. The molecule has 0 saturated carbocycles. The molecule has 0 atom stereocenters. The molecule has 2 amide bonds. The second-order valence-electron chi connectivity index (χ2n) is 5.69. The summed E-state index contributed by atoms with van der Waals surface area (Å²) in [6.45, 7) is 1.93. The molecule has 122 valence electrons. The van der Waals surface area contributed by atoms with Crippen molar-refractivity contribution in [1.29, 1.82) is 0 Å². The molecule has 2 N–H and O–H groups in total. The Kier molecular flexibility index (Phi) is 4.29. The molecule has 0 aliphatic carbocycles.